The average molecular weight is 403 g/mol. The topological polar surface area (TPSA) is 214 Å². The first-order valence-corrected chi connectivity index (χ1v) is 8.63. The van der Waals surface area contributed by atoms with E-state index >= 15 is 0 Å². The molecule has 0 bridgehead atoms. The molecule has 0 saturated heterocycles. The summed E-state index contributed by atoms with van der Waals surface area (Å²) in [4.78, 5) is 58.7. The van der Waals surface area contributed by atoms with Crippen LogP contribution in [0.1, 0.15) is 34.1 Å². The Kier molecular flexibility index (Phi) is 10.1. The first-order chi connectivity index (χ1) is 12.8. The van der Waals surface area contributed by atoms with Crippen molar-refractivity contribution in [2.45, 2.75) is 64.4 Å². The number of aliphatic hydroxyl groups is 1. The molecule has 0 aliphatic rings. The molecule has 0 fully saturated rings. The van der Waals surface area contributed by atoms with E-state index < -0.39 is 66.3 Å². The van der Waals surface area contributed by atoms with Gasteiger partial charge in [-0.05, 0) is 19.8 Å². The van der Waals surface area contributed by atoms with Crippen molar-refractivity contribution in [3.05, 3.63) is 0 Å². The van der Waals surface area contributed by atoms with Crippen molar-refractivity contribution in [3.8, 4) is 0 Å². The molecule has 160 valence electrons. The van der Waals surface area contributed by atoms with Gasteiger partial charge in [0.15, 0.2) is 6.04 Å². The van der Waals surface area contributed by atoms with E-state index in [0.29, 0.717) is 0 Å². The Morgan fingerprint density at radius 1 is 0.893 bits per heavy atom. The van der Waals surface area contributed by atoms with Crippen LogP contribution in [0.25, 0.3) is 0 Å². The van der Waals surface area contributed by atoms with Gasteiger partial charge in [-0.25, -0.2) is 4.79 Å². The van der Waals surface area contributed by atoms with E-state index in [1.807, 2.05) is 5.32 Å². The molecule has 4 amide bonds. The number of nitrogens with two attached hydrogens (primary N) is 2. The highest BCUT2D eigenvalue weighted by Gasteiger charge is 2.31. The summed E-state index contributed by atoms with van der Waals surface area (Å²) >= 11 is 0. The Balaban J connectivity index is 5.14. The van der Waals surface area contributed by atoms with Gasteiger partial charge in [-0.15, -0.1) is 0 Å². The average Bonchev–Trinajstić information content (AvgIpc) is 2.56. The number of nitrogens with one attached hydrogen (secondary N) is 3. The van der Waals surface area contributed by atoms with Crippen LogP contribution in [0.3, 0.4) is 0 Å². The summed E-state index contributed by atoms with van der Waals surface area (Å²) in [6.45, 7) is 5.94. The lowest BCUT2D eigenvalue weighted by atomic mass is 10.0. The fourth-order valence-corrected chi connectivity index (χ4v) is 2.03. The smallest absolute Gasteiger partial charge is 0.328 e. The number of aliphatic hydroxyl groups excluding tert-OH is 1. The summed E-state index contributed by atoms with van der Waals surface area (Å²) in [6.07, 6.45) is -2.04. The minimum atomic E-state index is -1.65. The molecule has 0 aromatic heterocycles. The van der Waals surface area contributed by atoms with Gasteiger partial charge in [-0.1, -0.05) is 13.8 Å². The number of carbonyl (C=O) groups excluding carboxylic acids is 4. The Labute approximate surface area is 162 Å². The maximum absolute atomic E-state index is 12.3. The molecule has 0 saturated carbocycles. The van der Waals surface area contributed by atoms with Gasteiger partial charge in [0.25, 0.3) is 0 Å². The van der Waals surface area contributed by atoms with Crippen LogP contribution in [-0.2, 0) is 24.0 Å². The molecule has 0 aromatic carbocycles. The lowest BCUT2D eigenvalue weighted by Crippen LogP contribution is -2.58. The van der Waals surface area contributed by atoms with E-state index in [0.717, 1.165) is 6.92 Å². The summed E-state index contributed by atoms with van der Waals surface area (Å²) in [5, 5.41) is 25.1. The van der Waals surface area contributed by atoms with Crippen LogP contribution in [0, 0.1) is 5.92 Å². The molecule has 0 heterocycles. The molecule has 0 aromatic rings. The number of rotatable bonds is 11. The van der Waals surface area contributed by atoms with Crippen LogP contribution in [0.4, 0.5) is 0 Å². The standard InChI is InChI=1S/C16H29N5O7/c1-6(2)11(18)15(26)19-7(3)13(24)20-9(5-10(17)23)14(25)21-12(8(4)22)16(27)28/h6-9,11-12,22H,5,18H2,1-4H3,(H2,17,23)(H,19,26)(H,20,24)(H,21,25)(H,27,28). The van der Waals surface area contributed by atoms with Crippen molar-refractivity contribution >= 4 is 29.6 Å². The van der Waals surface area contributed by atoms with Crippen LogP contribution >= 0.6 is 0 Å². The van der Waals surface area contributed by atoms with Crippen molar-refractivity contribution in [2.24, 2.45) is 17.4 Å². The Bertz CT molecular complexity index is 608. The molecule has 5 unspecified atom stereocenters. The second-order valence-electron chi connectivity index (χ2n) is 6.80. The minimum Gasteiger partial charge on any atom is -0.480 e. The first-order valence-electron chi connectivity index (χ1n) is 8.63. The van der Waals surface area contributed by atoms with E-state index in [9.17, 15) is 29.1 Å². The number of carbonyl (C=O) groups is 5. The molecular formula is C16H29N5O7. The Morgan fingerprint density at radius 2 is 1.43 bits per heavy atom. The largest absolute Gasteiger partial charge is 0.480 e. The molecule has 0 radical (unpaired) electrons. The predicted molar refractivity (Wildman–Crippen MR) is 97.4 cm³/mol. The molecule has 9 N–H and O–H groups in total. The zero-order valence-electron chi connectivity index (χ0n) is 16.3. The number of carboxylic acid groups (broad SMARTS) is 1. The summed E-state index contributed by atoms with van der Waals surface area (Å²) in [5.74, 6) is -5.02. The van der Waals surface area contributed by atoms with Gasteiger partial charge in [0.1, 0.15) is 12.1 Å². The zero-order valence-corrected chi connectivity index (χ0v) is 16.3. The van der Waals surface area contributed by atoms with Crippen molar-refractivity contribution in [1.82, 2.24) is 16.0 Å². The fourth-order valence-electron chi connectivity index (χ4n) is 2.03. The third-order valence-electron chi connectivity index (χ3n) is 3.86. The lowest BCUT2D eigenvalue weighted by molar-refractivity contribution is -0.145. The third kappa shape index (κ3) is 8.31. The van der Waals surface area contributed by atoms with Gasteiger partial charge in [-0.2, -0.15) is 0 Å². The normalized spacial score (nSPS) is 16.2. The maximum Gasteiger partial charge on any atom is 0.328 e. The SMILES string of the molecule is CC(NC(=O)C(N)C(C)C)C(=O)NC(CC(N)=O)C(=O)NC(C(=O)O)C(C)O. The van der Waals surface area contributed by atoms with E-state index in [1.54, 1.807) is 13.8 Å². The number of primary amides is 1. The van der Waals surface area contributed by atoms with Gasteiger partial charge in [0.2, 0.25) is 23.6 Å². The molecular weight excluding hydrogens is 374 g/mol. The number of aliphatic carboxylic acids is 1. The number of hydrogen-bond donors (Lipinski definition) is 7. The van der Waals surface area contributed by atoms with Crippen molar-refractivity contribution in [1.29, 1.82) is 0 Å². The molecule has 0 aliphatic carbocycles. The highest BCUT2D eigenvalue weighted by molar-refractivity contribution is 5.96. The van der Waals surface area contributed by atoms with Crippen LogP contribution in [0.5, 0.6) is 0 Å². The highest BCUT2D eigenvalue weighted by Crippen LogP contribution is 2.01. The van der Waals surface area contributed by atoms with E-state index in [2.05, 4.69) is 10.6 Å². The maximum atomic E-state index is 12.3. The van der Waals surface area contributed by atoms with Gasteiger partial charge in [0.05, 0.1) is 18.6 Å². The van der Waals surface area contributed by atoms with Gasteiger partial charge >= 0.3 is 5.97 Å². The quantitative estimate of drug-likeness (QED) is 0.186. The molecule has 0 aliphatic heterocycles. The molecule has 0 rings (SSSR count). The molecule has 0 spiro atoms. The van der Waals surface area contributed by atoms with Crippen molar-refractivity contribution in [3.63, 3.8) is 0 Å². The van der Waals surface area contributed by atoms with Crippen LogP contribution in [0.2, 0.25) is 0 Å². The summed E-state index contributed by atoms with van der Waals surface area (Å²) in [6, 6.07) is -5.08. The second-order valence-corrected chi connectivity index (χ2v) is 6.80. The van der Waals surface area contributed by atoms with Crippen molar-refractivity contribution in [2.75, 3.05) is 0 Å². The Hall–Kier alpha value is -2.73. The van der Waals surface area contributed by atoms with Crippen molar-refractivity contribution < 1.29 is 34.2 Å². The van der Waals surface area contributed by atoms with Gasteiger partial charge < -0.3 is 37.6 Å². The highest BCUT2D eigenvalue weighted by atomic mass is 16.4. The van der Waals surface area contributed by atoms with Gasteiger partial charge in [-0.3, -0.25) is 19.2 Å². The second kappa shape index (κ2) is 11.2. The molecule has 28 heavy (non-hydrogen) atoms. The van der Waals surface area contributed by atoms with Gasteiger partial charge in [0, 0.05) is 0 Å². The summed E-state index contributed by atoms with van der Waals surface area (Å²) in [7, 11) is 0. The number of carboxylic acids is 1. The summed E-state index contributed by atoms with van der Waals surface area (Å²) in [5.41, 5.74) is 10.8. The zero-order chi connectivity index (χ0) is 22.2. The van der Waals surface area contributed by atoms with Crippen LogP contribution in [-0.4, -0.2) is 70.1 Å². The van der Waals surface area contributed by atoms with E-state index in [1.165, 1.54) is 6.92 Å². The Morgan fingerprint density at radius 3 is 1.82 bits per heavy atom. The fraction of sp³-hybridized carbons (Fsp3) is 0.688. The number of amides is 4. The van der Waals surface area contributed by atoms with E-state index in [-0.39, 0.29) is 5.92 Å². The van der Waals surface area contributed by atoms with Crippen LogP contribution in [0.15, 0.2) is 0 Å². The molecule has 12 nitrogen and oxygen atoms in total. The van der Waals surface area contributed by atoms with Crippen LogP contribution < -0.4 is 27.4 Å². The predicted octanol–water partition coefficient (Wildman–Crippen LogP) is -3.22. The lowest BCUT2D eigenvalue weighted by Gasteiger charge is -2.24. The monoisotopic (exact) mass is 403 g/mol. The minimum absolute atomic E-state index is 0.169. The first kappa shape index (κ1) is 25.3. The molecule has 5 atom stereocenters. The summed E-state index contributed by atoms with van der Waals surface area (Å²) < 4.78 is 0. The number of hydrogen-bond acceptors (Lipinski definition) is 7. The van der Waals surface area contributed by atoms with E-state index in [4.69, 9.17) is 16.6 Å². The third-order valence-corrected chi connectivity index (χ3v) is 3.86. The molecule has 12 heteroatoms.